The van der Waals surface area contributed by atoms with Gasteiger partial charge >= 0.3 is 0 Å². The summed E-state index contributed by atoms with van der Waals surface area (Å²) in [4.78, 5) is 8.00. The standard InChI is InChI=1S/C9H20O.CH2O/c1-3-5-7-9-10-8-6-4-2;1-2/h3-9H2,1-2H3;1H2. The molecule has 0 N–H and O–H groups in total. The minimum Gasteiger partial charge on any atom is -0.381 e. The molecule has 0 unspecified atom stereocenters. The fraction of sp³-hybridized carbons (Fsp3) is 0.900. The fourth-order valence-electron chi connectivity index (χ4n) is 0.803. The molecule has 0 aliphatic carbocycles. The number of hydrogen-bond donors (Lipinski definition) is 0. The number of ether oxygens (including phenoxy) is 1. The highest BCUT2D eigenvalue weighted by atomic mass is 16.5. The summed E-state index contributed by atoms with van der Waals surface area (Å²) in [6, 6.07) is 0. The lowest BCUT2D eigenvalue weighted by molar-refractivity contribution is -0.0979. The van der Waals surface area contributed by atoms with E-state index in [-0.39, 0.29) is 0 Å². The van der Waals surface area contributed by atoms with Gasteiger partial charge in [0.15, 0.2) is 0 Å². The van der Waals surface area contributed by atoms with Crippen molar-refractivity contribution in [1.82, 2.24) is 0 Å². The van der Waals surface area contributed by atoms with Gasteiger partial charge in [-0.3, -0.25) is 0 Å². The van der Waals surface area contributed by atoms with Crippen molar-refractivity contribution in [3.05, 3.63) is 0 Å². The van der Waals surface area contributed by atoms with Gasteiger partial charge in [-0.25, -0.2) is 0 Å². The van der Waals surface area contributed by atoms with Crippen LogP contribution in [0.5, 0.6) is 0 Å². The van der Waals surface area contributed by atoms with Gasteiger partial charge in [-0.15, -0.1) is 0 Å². The molecule has 0 aliphatic heterocycles. The first-order valence-corrected chi connectivity index (χ1v) is 4.78. The number of carbonyl (C=O) groups excluding carboxylic acids is 1. The van der Waals surface area contributed by atoms with E-state index in [1.165, 1.54) is 32.1 Å². The molecule has 0 aliphatic rings. The van der Waals surface area contributed by atoms with Gasteiger partial charge in [0.25, 0.3) is 0 Å². The summed E-state index contributed by atoms with van der Waals surface area (Å²) < 4.78 is 5.38. The molecule has 0 heterocycles. The Kier molecular flexibility index (Phi) is 20.0. The molecule has 0 rings (SSSR count). The van der Waals surface area contributed by atoms with E-state index in [4.69, 9.17) is 9.53 Å². The summed E-state index contributed by atoms with van der Waals surface area (Å²) in [5, 5.41) is 0. The van der Waals surface area contributed by atoms with Crippen LogP contribution in [0.3, 0.4) is 0 Å². The number of rotatable bonds is 7. The minimum absolute atomic E-state index is 0.959. The molecule has 0 bridgehead atoms. The summed E-state index contributed by atoms with van der Waals surface area (Å²) in [7, 11) is 0. The van der Waals surface area contributed by atoms with Crippen molar-refractivity contribution in [2.75, 3.05) is 13.2 Å². The molecule has 0 aromatic heterocycles. The summed E-state index contributed by atoms with van der Waals surface area (Å²) >= 11 is 0. The van der Waals surface area contributed by atoms with Crippen LogP contribution in [-0.2, 0) is 9.53 Å². The lowest BCUT2D eigenvalue weighted by Gasteiger charge is -2.00. The highest BCUT2D eigenvalue weighted by Crippen LogP contribution is 1.95. The van der Waals surface area contributed by atoms with Crippen LogP contribution in [0.25, 0.3) is 0 Å². The minimum atomic E-state index is 0.959. The predicted octanol–water partition coefficient (Wildman–Crippen LogP) is 2.81. The van der Waals surface area contributed by atoms with Crippen LogP contribution in [0.2, 0.25) is 0 Å². The lowest BCUT2D eigenvalue weighted by atomic mass is 10.3. The molecule has 74 valence electrons. The van der Waals surface area contributed by atoms with Crippen LogP contribution in [0.15, 0.2) is 0 Å². The van der Waals surface area contributed by atoms with E-state index in [1.807, 2.05) is 6.79 Å². The zero-order valence-electron chi connectivity index (χ0n) is 8.47. The first kappa shape index (κ1) is 14.2. The maximum absolute atomic E-state index is 8.00. The highest BCUT2D eigenvalue weighted by molar-refractivity contribution is 5.10. The van der Waals surface area contributed by atoms with Gasteiger partial charge in [0.1, 0.15) is 6.79 Å². The topological polar surface area (TPSA) is 26.3 Å². The second-order valence-corrected chi connectivity index (χ2v) is 2.67. The zero-order chi connectivity index (χ0) is 9.66. The van der Waals surface area contributed by atoms with Gasteiger partial charge in [0.05, 0.1) is 0 Å². The van der Waals surface area contributed by atoms with Crippen molar-refractivity contribution in [3.8, 4) is 0 Å². The molecule has 0 aromatic carbocycles. The largest absolute Gasteiger partial charge is 0.381 e. The van der Waals surface area contributed by atoms with Gasteiger partial charge in [0, 0.05) is 13.2 Å². The molecule has 0 saturated heterocycles. The van der Waals surface area contributed by atoms with Gasteiger partial charge < -0.3 is 9.53 Å². The molecule has 0 spiro atoms. The number of unbranched alkanes of at least 4 members (excludes halogenated alkanes) is 3. The number of carbonyl (C=O) groups is 1. The Morgan fingerprint density at radius 3 is 1.92 bits per heavy atom. The zero-order valence-corrected chi connectivity index (χ0v) is 8.47. The van der Waals surface area contributed by atoms with E-state index in [0.29, 0.717) is 0 Å². The van der Waals surface area contributed by atoms with Crippen LogP contribution < -0.4 is 0 Å². The van der Waals surface area contributed by atoms with E-state index >= 15 is 0 Å². The molecule has 0 fully saturated rings. The van der Waals surface area contributed by atoms with Crippen LogP contribution in [0, 0.1) is 0 Å². The maximum Gasteiger partial charge on any atom is 0.106 e. The molecule has 0 amide bonds. The quantitative estimate of drug-likeness (QED) is 0.555. The Labute approximate surface area is 76.3 Å². The van der Waals surface area contributed by atoms with Crippen LogP contribution in [0.4, 0.5) is 0 Å². The predicted molar refractivity (Wildman–Crippen MR) is 52.4 cm³/mol. The van der Waals surface area contributed by atoms with Gasteiger partial charge in [0.2, 0.25) is 0 Å². The monoisotopic (exact) mass is 174 g/mol. The van der Waals surface area contributed by atoms with Gasteiger partial charge in [-0.2, -0.15) is 0 Å². The van der Waals surface area contributed by atoms with Crippen molar-refractivity contribution in [2.45, 2.75) is 46.0 Å². The molecule has 0 atom stereocenters. The SMILES string of the molecule is C=O.CCCCCOCCCC. The van der Waals surface area contributed by atoms with Gasteiger partial charge in [-0.05, 0) is 12.8 Å². The van der Waals surface area contributed by atoms with E-state index in [0.717, 1.165) is 13.2 Å². The molecule has 2 heteroatoms. The highest BCUT2D eigenvalue weighted by Gasteiger charge is 1.86. The van der Waals surface area contributed by atoms with E-state index in [1.54, 1.807) is 0 Å². The van der Waals surface area contributed by atoms with Crippen molar-refractivity contribution in [2.24, 2.45) is 0 Å². The summed E-state index contributed by atoms with van der Waals surface area (Å²) in [6.07, 6.45) is 6.30. The average Bonchev–Trinajstić information content (AvgIpc) is 2.15. The Balaban J connectivity index is 0. The van der Waals surface area contributed by atoms with Crippen molar-refractivity contribution in [1.29, 1.82) is 0 Å². The van der Waals surface area contributed by atoms with Crippen LogP contribution >= 0.6 is 0 Å². The summed E-state index contributed by atoms with van der Waals surface area (Å²) in [5.41, 5.74) is 0. The van der Waals surface area contributed by atoms with Crippen LogP contribution in [-0.4, -0.2) is 20.0 Å². The molecule has 0 saturated carbocycles. The third kappa shape index (κ3) is 16.3. The Bertz CT molecular complexity index is 56.9. The fourth-order valence-corrected chi connectivity index (χ4v) is 0.803. The Morgan fingerprint density at radius 2 is 1.42 bits per heavy atom. The lowest BCUT2D eigenvalue weighted by Crippen LogP contribution is -1.95. The third-order valence-corrected chi connectivity index (χ3v) is 1.53. The van der Waals surface area contributed by atoms with Crippen LogP contribution in [0.1, 0.15) is 46.0 Å². The normalized spacial score (nSPS) is 8.83. The van der Waals surface area contributed by atoms with E-state index in [9.17, 15) is 0 Å². The van der Waals surface area contributed by atoms with Crippen molar-refractivity contribution < 1.29 is 9.53 Å². The second-order valence-electron chi connectivity index (χ2n) is 2.67. The second kappa shape index (κ2) is 16.9. The van der Waals surface area contributed by atoms with Crippen molar-refractivity contribution >= 4 is 6.79 Å². The smallest absolute Gasteiger partial charge is 0.106 e. The van der Waals surface area contributed by atoms with Gasteiger partial charge in [-0.1, -0.05) is 33.1 Å². The summed E-state index contributed by atoms with van der Waals surface area (Å²) in [6.45, 7) is 8.33. The first-order chi connectivity index (χ1) is 5.91. The molecule has 12 heavy (non-hydrogen) atoms. The molecule has 0 aromatic rings. The Hall–Kier alpha value is -0.370. The first-order valence-electron chi connectivity index (χ1n) is 4.78. The molecule has 2 nitrogen and oxygen atoms in total. The maximum atomic E-state index is 8.00. The number of hydrogen-bond acceptors (Lipinski definition) is 2. The summed E-state index contributed by atoms with van der Waals surface area (Å²) in [5.74, 6) is 0. The molecule has 0 radical (unpaired) electrons. The van der Waals surface area contributed by atoms with E-state index in [2.05, 4.69) is 13.8 Å². The molecular formula is C10H22O2. The van der Waals surface area contributed by atoms with Crippen molar-refractivity contribution in [3.63, 3.8) is 0 Å². The third-order valence-electron chi connectivity index (χ3n) is 1.53. The van der Waals surface area contributed by atoms with E-state index < -0.39 is 0 Å². The molecular weight excluding hydrogens is 152 g/mol. The Morgan fingerprint density at radius 1 is 0.917 bits per heavy atom. The average molecular weight is 174 g/mol.